The third-order valence-electron chi connectivity index (χ3n) is 3.87. The first-order valence-corrected chi connectivity index (χ1v) is 7.14. The van der Waals surface area contributed by atoms with Crippen molar-refractivity contribution < 1.29 is 9.90 Å². The molecule has 18 heavy (non-hydrogen) atoms. The van der Waals surface area contributed by atoms with E-state index in [-0.39, 0.29) is 17.2 Å². The van der Waals surface area contributed by atoms with Crippen molar-refractivity contribution in [2.45, 2.75) is 72.8 Å². The summed E-state index contributed by atoms with van der Waals surface area (Å²) in [7, 11) is 0. The molecule has 0 unspecified atom stereocenters. The van der Waals surface area contributed by atoms with E-state index < -0.39 is 5.60 Å². The lowest BCUT2D eigenvalue weighted by Crippen LogP contribution is -2.47. The number of hydrogen-bond donors (Lipinski definition) is 2. The Hall–Kier alpha value is -0.570. The Morgan fingerprint density at radius 1 is 1.22 bits per heavy atom. The Balaban J connectivity index is 4.22. The van der Waals surface area contributed by atoms with Crippen LogP contribution in [0.5, 0.6) is 0 Å². The van der Waals surface area contributed by atoms with Crippen molar-refractivity contribution in [3.05, 3.63) is 0 Å². The van der Waals surface area contributed by atoms with Gasteiger partial charge >= 0.3 is 0 Å². The first-order chi connectivity index (χ1) is 8.13. The van der Waals surface area contributed by atoms with Gasteiger partial charge in [-0.05, 0) is 19.3 Å². The predicted octanol–water partition coefficient (Wildman–Crippen LogP) is 3.12. The Morgan fingerprint density at radius 3 is 2.22 bits per heavy atom. The summed E-state index contributed by atoms with van der Waals surface area (Å²) in [4.78, 5) is 12.1. The van der Waals surface area contributed by atoms with Crippen LogP contribution in [0, 0.1) is 11.3 Å². The van der Waals surface area contributed by atoms with Crippen LogP contribution in [0.15, 0.2) is 0 Å². The normalized spacial score (nSPS) is 15.6. The fraction of sp³-hybridized carbons (Fsp3) is 0.933. The summed E-state index contributed by atoms with van der Waals surface area (Å²) in [5.41, 5.74) is -1.18. The number of aliphatic hydroxyl groups is 1. The largest absolute Gasteiger partial charge is 0.388 e. The molecule has 1 amide bonds. The van der Waals surface area contributed by atoms with Gasteiger partial charge in [0.15, 0.2) is 0 Å². The molecular formula is C15H31NO2. The molecule has 3 nitrogen and oxygen atoms in total. The third-order valence-corrected chi connectivity index (χ3v) is 3.87. The van der Waals surface area contributed by atoms with Gasteiger partial charge in [-0.2, -0.15) is 0 Å². The summed E-state index contributed by atoms with van der Waals surface area (Å²) in [5.74, 6) is 0.167. The second-order valence-corrected chi connectivity index (χ2v) is 6.54. The number of carbonyl (C=O) groups excluding carboxylic acids is 1. The van der Waals surface area contributed by atoms with Crippen LogP contribution in [0.25, 0.3) is 0 Å². The summed E-state index contributed by atoms with van der Waals surface area (Å²) < 4.78 is 0. The zero-order valence-corrected chi connectivity index (χ0v) is 13.0. The van der Waals surface area contributed by atoms with Crippen LogP contribution >= 0.6 is 0 Å². The molecule has 2 N–H and O–H groups in total. The van der Waals surface area contributed by atoms with Crippen LogP contribution in [-0.4, -0.2) is 23.2 Å². The van der Waals surface area contributed by atoms with Crippen molar-refractivity contribution in [2.24, 2.45) is 11.3 Å². The topological polar surface area (TPSA) is 49.3 Å². The molecule has 0 aliphatic carbocycles. The zero-order valence-electron chi connectivity index (χ0n) is 13.0. The first-order valence-electron chi connectivity index (χ1n) is 7.14. The molecule has 0 bridgehead atoms. The van der Waals surface area contributed by atoms with E-state index in [9.17, 15) is 9.90 Å². The molecular weight excluding hydrogens is 226 g/mol. The van der Waals surface area contributed by atoms with Crippen LogP contribution in [-0.2, 0) is 4.79 Å². The minimum Gasteiger partial charge on any atom is -0.388 e. The Kier molecular flexibility index (Phi) is 6.90. The predicted molar refractivity (Wildman–Crippen MR) is 76.4 cm³/mol. The van der Waals surface area contributed by atoms with E-state index in [1.54, 1.807) is 6.92 Å². The lowest BCUT2D eigenvalue weighted by molar-refractivity contribution is -0.131. The van der Waals surface area contributed by atoms with Gasteiger partial charge in [-0.1, -0.05) is 53.9 Å². The van der Waals surface area contributed by atoms with Gasteiger partial charge in [-0.3, -0.25) is 4.79 Å². The van der Waals surface area contributed by atoms with Gasteiger partial charge in [0.25, 0.3) is 0 Å². The van der Waals surface area contributed by atoms with E-state index in [2.05, 4.69) is 12.2 Å². The fourth-order valence-corrected chi connectivity index (χ4v) is 1.63. The van der Waals surface area contributed by atoms with Gasteiger partial charge in [0, 0.05) is 12.0 Å². The molecule has 0 heterocycles. The lowest BCUT2D eigenvalue weighted by Gasteiger charge is -2.30. The molecule has 0 saturated heterocycles. The van der Waals surface area contributed by atoms with Crippen molar-refractivity contribution in [1.82, 2.24) is 5.32 Å². The van der Waals surface area contributed by atoms with Crippen molar-refractivity contribution in [3.63, 3.8) is 0 Å². The van der Waals surface area contributed by atoms with E-state index >= 15 is 0 Å². The standard InChI is InChI=1S/C15H31NO2/c1-7-8-9-10-14(4,5)13(17)16-11-15(6,18)12(2)3/h12,18H,7-11H2,1-6H3,(H,16,17)/t15-/m0/s1. The maximum Gasteiger partial charge on any atom is 0.225 e. The minimum absolute atomic E-state index is 0.0412. The smallest absolute Gasteiger partial charge is 0.225 e. The summed E-state index contributed by atoms with van der Waals surface area (Å²) >= 11 is 0. The van der Waals surface area contributed by atoms with Gasteiger partial charge < -0.3 is 10.4 Å². The Morgan fingerprint density at radius 2 is 1.78 bits per heavy atom. The summed E-state index contributed by atoms with van der Waals surface area (Å²) in [5, 5.41) is 13.0. The van der Waals surface area contributed by atoms with E-state index in [0.29, 0.717) is 6.54 Å². The van der Waals surface area contributed by atoms with E-state index in [1.807, 2.05) is 27.7 Å². The maximum absolute atomic E-state index is 12.1. The highest BCUT2D eigenvalue weighted by atomic mass is 16.3. The van der Waals surface area contributed by atoms with Gasteiger partial charge in [-0.15, -0.1) is 0 Å². The molecule has 0 aromatic carbocycles. The highest BCUT2D eigenvalue weighted by Crippen LogP contribution is 2.24. The quantitative estimate of drug-likeness (QED) is 0.656. The molecule has 0 aromatic rings. The Labute approximate surface area is 112 Å². The fourth-order valence-electron chi connectivity index (χ4n) is 1.63. The molecule has 108 valence electrons. The summed E-state index contributed by atoms with van der Waals surface area (Å²) in [6, 6.07) is 0. The molecule has 0 fully saturated rings. The summed E-state index contributed by atoms with van der Waals surface area (Å²) in [6.07, 6.45) is 4.31. The van der Waals surface area contributed by atoms with E-state index in [0.717, 1.165) is 12.8 Å². The molecule has 0 spiro atoms. The third kappa shape index (κ3) is 5.85. The SMILES string of the molecule is CCCCCC(C)(C)C(=O)NC[C@](C)(O)C(C)C. The van der Waals surface area contributed by atoms with Gasteiger partial charge in [0.2, 0.25) is 5.91 Å². The molecule has 0 radical (unpaired) electrons. The van der Waals surface area contributed by atoms with Crippen LogP contribution in [0.2, 0.25) is 0 Å². The molecule has 0 aliphatic rings. The lowest BCUT2D eigenvalue weighted by atomic mass is 9.85. The van der Waals surface area contributed by atoms with E-state index in [4.69, 9.17) is 0 Å². The number of hydrogen-bond acceptors (Lipinski definition) is 2. The van der Waals surface area contributed by atoms with Crippen molar-refractivity contribution in [3.8, 4) is 0 Å². The molecule has 0 aromatic heterocycles. The average Bonchev–Trinajstić information content (AvgIpc) is 2.25. The number of rotatable bonds is 8. The molecule has 1 atom stereocenters. The molecule has 3 heteroatoms. The van der Waals surface area contributed by atoms with Gasteiger partial charge in [0.05, 0.1) is 5.60 Å². The van der Waals surface area contributed by atoms with Crippen LogP contribution in [0.3, 0.4) is 0 Å². The van der Waals surface area contributed by atoms with Crippen LogP contribution in [0.1, 0.15) is 67.2 Å². The molecule has 0 saturated carbocycles. The summed E-state index contributed by atoms with van der Waals surface area (Å²) in [6.45, 7) is 12.1. The maximum atomic E-state index is 12.1. The number of nitrogens with one attached hydrogen (secondary N) is 1. The molecule has 0 aliphatic heterocycles. The van der Waals surface area contributed by atoms with Crippen LogP contribution < -0.4 is 5.32 Å². The zero-order chi connectivity index (χ0) is 14.4. The van der Waals surface area contributed by atoms with Gasteiger partial charge in [-0.25, -0.2) is 0 Å². The second-order valence-electron chi connectivity index (χ2n) is 6.54. The molecule has 0 rings (SSSR count). The van der Waals surface area contributed by atoms with Crippen LogP contribution in [0.4, 0.5) is 0 Å². The second kappa shape index (κ2) is 7.13. The van der Waals surface area contributed by atoms with Gasteiger partial charge in [0.1, 0.15) is 0 Å². The Bertz CT molecular complexity index is 257. The number of carbonyl (C=O) groups is 1. The number of unbranched alkanes of at least 4 members (excludes halogenated alkanes) is 2. The monoisotopic (exact) mass is 257 g/mol. The number of amides is 1. The van der Waals surface area contributed by atoms with E-state index in [1.165, 1.54) is 12.8 Å². The minimum atomic E-state index is -0.838. The first kappa shape index (κ1) is 17.4. The van der Waals surface area contributed by atoms with Crippen molar-refractivity contribution >= 4 is 5.91 Å². The average molecular weight is 257 g/mol. The van der Waals surface area contributed by atoms with Crippen molar-refractivity contribution in [1.29, 1.82) is 0 Å². The highest BCUT2D eigenvalue weighted by Gasteiger charge is 2.30. The highest BCUT2D eigenvalue weighted by molar-refractivity contribution is 5.81. The van der Waals surface area contributed by atoms with Crippen molar-refractivity contribution in [2.75, 3.05) is 6.54 Å².